The average Bonchev–Trinajstić information content (AvgIpc) is 2.69. The highest BCUT2D eigenvalue weighted by molar-refractivity contribution is 9.10. The smallest absolute Gasteiger partial charge is 0.250 e. The monoisotopic (exact) mass is 431 g/mol. The summed E-state index contributed by atoms with van der Waals surface area (Å²) in [4.78, 5) is 38.6. The number of hydrogen-bond acceptors (Lipinski definition) is 3. The third kappa shape index (κ3) is 5.29. The van der Waals surface area contributed by atoms with E-state index < -0.39 is 0 Å². The van der Waals surface area contributed by atoms with Crippen LogP contribution < -0.4 is 10.9 Å². The van der Waals surface area contributed by atoms with E-state index in [9.17, 15) is 14.4 Å². The molecule has 0 bridgehead atoms. The van der Waals surface area contributed by atoms with E-state index in [1.807, 2.05) is 30.3 Å². The van der Waals surface area contributed by atoms with Crippen LogP contribution in [0.15, 0.2) is 57.9 Å². The second kappa shape index (κ2) is 8.99. The molecule has 1 N–H and O–H groups in total. The molecule has 27 heavy (non-hydrogen) atoms. The van der Waals surface area contributed by atoms with Gasteiger partial charge in [0.2, 0.25) is 11.8 Å². The minimum Gasteiger partial charge on any atom is -0.342 e. The molecule has 0 saturated carbocycles. The number of nitrogens with one attached hydrogen (secondary N) is 1. The zero-order valence-corrected chi connectivity index (χ0v) is 16.5. The molecule has 6 nitrogen and oxygen atoms in total. The second-order valence-corrected chi connectivity index (χ2v) is 7.58. The van der Waals surface area contributed by atoms with Crippen molar-refractivity contribution in [2.24, 2.45) is 5.92 Å². The van der Waals surface area contributed by atoms with Crippen molar-refractivity contribution in [3.63, 3.8) is 0 Å². The van der Waals surface area contributed by atoms with Crippen LogP contribution in [0.1, 0.15) is 19.3 Å². The van der Waals surface area contributed by atoms with E-state index in [4.69, 9.17) is 0 Å². The van der Waals surface area contributed by atoms with Crippen LogP contribution in [0, 0.1) is 5.92 Å². The summed E-state index contributed by atoms with van der Waals surface area (Å²) in [6, 6.07) is 12.5. The normalized spacial score (nSPS) is 16.8. The molecular weight excluding hydrogens is 410 g/mol. The lowest BCUT2D eigenvalue weighted by molar-refractivity contribution is -0.134. The Kier molecular flexibility index (Phi) is 6.45. The molecule has 3 rings (SSSR count). The molecule has 1 aliphatic heterocycles. The van der Waals surface area contributed by atoms with Crippen LogP contribution in [0.4, 0.5) is 5.69 Å². The molecule has 1 aromatic heterocycles. The third-order valence-corrected chi connectivity index (χ3v) is 5.17. The quantitative estimate of drug-likeness (QED) is 0.790. The van der Waals surface area contributed by atoms with Gasteiger partial charge in [-0.25, -0.2) is 0 Å². The summed E-state index contributed by atoms with van der Waals surface area (Å²) in [7, 11) is 0. The van der Waals surface area contributed by atoms with Gasteiger partial charge in [0.1, 0.15) is 0 Å². The van der Waals surface area contributed by atoms with E-state index in [0.717, 1.165) is 23.0 Å². The first-order valence-electron chi connectivity index (χ1n) is 9.02. The van der Waals surface area contributed by atoms with Crippen molar-refractivity contribution in [2.75, 3.05) is 18.4 Å². The number of anilines is 1. The molecule has 0 radical (unpaired) electrons. The van der Waals surface area contributed by atoms with E-state index in [1.165, 1.54) is 10.6 Å². The van der Waals surface area contributed by atoms with Gasteiger partial charge in [-0.05, 0) is 47.0 Å². The lowest BCUT2D eigenvalue weighted by Crippen LogP contribution is -2.44. The fourth-order valence-electron chi connectivity index (χ4n) is 3.23. The molecule has 1 aromatic carbocycles. The fourth-order valence-corrected chi connectivity index (χ4v) is 3.61. The highest BCUT2D eigenvalue weighted by Crippen LogP contribution is 2.19. The van der Waals surface area contributed by atoms with Gasteiger partial charge in [0, 0.05) is 48.5 Å². The molecule has 0 spiro atoms. The molecule has 7 heteroatoms. The van der Waals surface area contributed by atoms with Crippen molar-refractivity contribution < 1.29 is 9.59 Å². The first-order chi connectivity index (χ1) is 13.0. The predicted molar refractivity (Wildman–Crippen MR) is 107 cm³/mol. The minimum absolute atomic E-state index is 0.0286. The molecule has 0 aliphatic carbocycles. The first-order valence-corrected chi connectivity index (χ1v) is 9.82. The van der Waals surface area contributed by atoms with Gasteiger partial charge in [-0.3, -0.25) is 14.4 Å². The Hall–Kier alpha value is -2.41. The Labute approximate surface area is 166 Å². The highest BCUT2D eigenvalue weighted by Gasteiger charge is 2.28. The maximum absolute atomic E-state index is 12.6. The number of pyridine rings is 1. The molecule has 1 saturated heterocycles. The Morgan fingerprint density at radius 3 is 2.70 bits per heavy atom. The number of para-hydroxylation sites is 1. The standard InChI is InChI=1S/C20H22BrN3O3/c21-16-8-9-18(25)24(14-16)12-10-19(26)23-11-4-5-15(13-23)20(27)22-17-6-2-1-3-7-17/h1-3,6-9,14-15H,4-5,10-13H2,(H,22,27). The van der Waals surface area contributed by atoms with Gasteiger partial charge < -0.3 is 14.8 Å². The topological polar surface area (TPSA) is 71.4 Å². The number of carbonyl (C=O) groups excluding carboxylic acids is 2. The summed E-state index contributed by atoms with van der Waals surface area (Å²) in [5, 5.41) is 2.92. The van der Waals surface area contributed by atoms with Gasteiger partial charge >= 0.3 is 0 Å². The molecule has 1 unspecified atom stereocenters. The molecule has 2 aromatic rings. The van der Waals surface area contributed by atoms with Crippen molar-refractivity contribution in [1.82, 2.24) is 9.47 Å². The first kappa shape index (κ1) is 19.4. The van der Waals surface area contributed by atoms with Crippen LogP contribution in [-0.4, -0.2) is 34.4 Å². The maximum Gasteiger partial charge on any atom is 0.250 e. The predicted octanol–water partition coefficient (Wildman–Crippen LogP) is 2.88. The molecule has 2 heterocycles. The Morgan fingerprint density at radius 2 is 1.93 bits per heavy atom. The van der Waals surface area contributed by atoms with Crippen molar-refractivity contribution in [3.05, 3.63) is 63.5 Å². The highest BCUT2D eigenvalue weighted by atomic mass is 79.9. The summed E-state index contributed by atoms with van der Waals surface area (Å²) < 4.78 is 2.32. The number of halogens is 1. The summed E-state index contributed by atoms with van der Waals surface area (Å²) in [5.41, 5.74) is 0.629. The van der Waals surface area contributed by atoms with Gasteiger partial charge in [-0.2, -0.15) is 0 Å². The zero-order valence-electron chi connectivity index (χ0n) is 14.9. The van der Waals surface area contributed by atoms with Gasteiger partial charge in [-0.15, -0.1) is 0 Å². The number of rotatable bonds is 5. The van der Waals surface area contributed by atoms with Crippen LogP contribution in [0.2, 0.25) is 0 Å². The number of nitrogens with zero attached hydrogens (tertiary/aromatic N) is 2. The minimum atomic E-state index is -0.212. The van der Waals surface area contributed by atoms with Crippen molar-refractivity contribution in [1.29, 1.82) is 0 Å². The lowest BCUT2D eigenvalue weighted by Gasteiger charge is -2.32. The molecular formula is C20H22BrN3O3. The molecule has 142 valence electrons. The second-order valence-electron chi connectivity index (χ2n) is 6.66. The largest absolute Gasteiger partial charge is 0.342 e. The third-order valence-electron chi connectivity index (χ3n) is 4.70. The van der Waals surface area contributed by atoms with Crippen LogP contribution in [0.25, 0.3) is 0 Å². The van der Waals surface area contributed by atoms with E-state index in [2.05, 4.69) is 21.2 Å². The van der Waals surface area contributed by atoms with E-state index in [-0.39, 0.29) is 29.7 Å². The summed E-state index contributed by atoms with van der Waals surface area (Å²) in [5.74, 6) is -0.294. The van der Waals surface area contributed by atoms with Crippen LogP contribution in [0.3, 0.4) is 0 Å². The Balaban J connectivity index is 1.55. The number of carbonyl (C=O) groups is 2. The van der Waals surface area contributed by atoms with Crippen LogP contribution in [-0.2, 0) is 16.1 Å². The fraction of sp³-hybridized carbons (Fsp3) is 0.350. The Morgan fingerprint density at radius 1 is 1.15 bits per heavy atom. The number of amides is 2. The number of piperidine rings is 1. The van der Waals surface area contributed by atoms with Gasteiger partial charge in [-0.1, -0.05) is 18.2 Å². The van der Waals surface area contributed by atoms with E-state index in [0.29, 0.717) is 19.6 Å². The molecule has 2 amide bonds. The van der Waals surface area contributed by atoms with Crippen molar-refractivity contribution in [3.8, 4) is 0 Å². The number of hydrogen-bond donors (Lipinski definition) is 1. The van der Waals surface area contributed by atoms with E-state index >= 15 is 0 Å². The van der Waals surface area contributed by atoms with Gasteiger partial charge in [0.15, 0.2) is 0 Å². The molecule has 1 fully saturated rings. The van der Waals surface area contributed by atoms with Crippen molar-refractivity contribution >= 4 is 33.4 Å². The number of benzene rings is 1. The van der Waals surface area contributed by atoms with Gasteiger partial charge in [0.25, 0.3) is 5.56 Å². The molecule has 1 atom stereocenters. The number of aryl methyl sites for hydroxylation is 1. The Bertz CT molecular complexity index is 866. The van der Waals surface area contributed by atoms with Gasteiger partial charge in [0.05, 0.1) is 5.92 Å². The van der Waals surface area contributed by atoms with Crippen molar-refractivity contribution in [2.45, 2.75) is 25.8 Å². The molecule has 1 aliphatic rings. The lowest BCUT2D eigenvalue weighted by atomic mass is 9.96. The number of aromatic nitrogens is 1. The van der Waals surface area contributed by atoms with Crippen LogP contribution in [0.5, 0.6) is 0 Å². The zero-order chi connectivity index (χ0) is 19.2. The van der Waals surface area contributed by atoms with Crippen LogP contribution >= 0.6 is 15.9 Å². The average molecular weight is 432 g/mol. The van der Waals surface area contributed by atoms with E-state index in [1.54, 1.807) is 17.2 Å². The summed E-state index contributed by atoms with van der Waals surface area (Å²) in [6.45, 7) is 1.40. The number of likely N-dealkylation sites (tertiary alicyclic amines) is 1. The maximum atomic E-state index is 12.6. The summed E-state index contributed by atoms with van der Waals surface area (Å²) >= 11 is 3.33. The summed E-state index contributed by atoms with van der Waals surface area (Å²) in [6.07, 6.45) is 3.49. The SMILES string of the molecule is O=C(Nc1ccccc1)C1CCCN(C(=O)CCn2cc(Br)ccc2=O)C1.